The molecule has 0 atom stereocenters. The Morgan fingerprint density at radius 1 is 0.703 bits per heavy atom. The van der Waals surface area contributed by atoms with Gasteiger partial charge in [-0.3, -0.25) is 28.7 Å². The number of amides is 2. The van der Waals surface area contributed by atoms with Gasteiger partial charge in [-0.15, -0.1) is 0 Å². The number of aromatic nitrogens is 3. The molecule has 0 radical (unpaired) electrons. The number of halogens is 4. The van der Waals surface area contributed by atoms with E-state index in [0.717, 1.165) is 57.9 Å². The zero-order valence-corrected chi connectivity index (χ0v) is 34.8. The Labute approximate surface area is 365 Å². The van der Waals surface area contributed by atoms with Gasteiger partial charge in [0.15, 0.2) is 34.8 Å². The lowest BCUT2D eigenvalue weighted by molar-refractivity contribution is -0.115. The SMILES string of the molecule is Cc1c(C(=O)CC/C=C/c2ccc3c(c2)NC(=O)C3)c(=O)n(Cc2ccc(F)c(F)c2)n1C.O=C1Cc2ccc(/C=C/CCC(=O)c3cccc(Nc4ccc(F)c(F)c4)n3)cc2N1. The summed E-state index contributed by atoms with van der Waals surface area (Å²) in [4.78, 5) is 65.3. The first-order chi connectivity index (χ1) is 30.7. The van der Waals surface area contributed by atoms with E-state index in [0.29, 0.717) is 54.1 Å². The second-order valence-corrected chi connectivity index (χ2v) is 15.3. The van der Waals surface area contributed by atoms with Crippen LogP contribution in [0.3, 0.4) is 0 Å². The molecule has 6 aromatic rings. The van der Waals surface area contributed by atoms with E-state index in [1.165, 1.54) is 16.8 Å². The van der Waals surface area contributed by atoms with Crippen molar-refractivity contribution in [3.8, 4) is 0 Å². The van der Waals surface area contributed by atoms with Gasteiger partial charge >= 0.3 is 0 Å². The number of carbonyl (C=O) groups is 4. The minimum absolute atomic E-state index is 0.00416. The fraction of sp³-hybridized carbons (Fsp3) is 0.184. The van der Waals surface area contributed by atoms with E-state index in [9.17, 15) is 41.5 Å². The molecule has 3 N–H and O–H groups in total. The Morgan fingerprint density at radius 2 is 1.28 bits per heavy atom. The van der Waals surface area contributed by atoms with Crippen LogP contribution in [0.1, 0.15) is 80.0 Å². The number of rotatable bonds is 14. The zero-order valence-electron chi connectivity index (χ0n) is 34.8. The highest BCUT2D eigenvalue weighted by Crippen LogP contribution is 2.26. The molecule has 0 unspecified atom stereocenters. The van der Waals surface area contributed by atoms with Crippen LogP contribution < -0.4 is 21.5 Å². The van der Waals surface area contributed by atoms with Crippen molar-refractivity contribution in [2.75, 3.05) is 16.0 Å². The Hall–Kier alpha value is -7.68. The monoisotopic (exact) mass is 870 g/mol. The molecule has 0 spiro atoms. The van der Waals surface area contributed by atoms with E-state index in [2.05, 4.69) is 20.9 Å². The third kappa shape index (κ3) is 10.7. The van der Waals surface area contributed by atoms with Crippen molar-refractivity contribution in [1.29, 1.82) is 0 Å². The second kappa shape index (κ2) is 19.6. The molecule has 2 amide bonds. The summed E-state index contributed by atoms with van der Waals surface area (Å²) in [7, 11) is 1.65. The van der Waals surface area contributed by atoms with Gasteiger partial charge in [-0.05, 0) is 96.1 Å². The van der Waals surface area contributed by atoms with Crippen LogP contribution in [0.15, 0.2) is 108 Å². The Balaban J connectivity index is 0.000000192. The zero-order chi connectivity index (χ0) is 45.5. The molecule has 2 aromatic heterocycles. The molecule has 2 aliphatic heterocycles. The van der Waals surface area contributed by atoms with E-state index in [1.54, 1.807) is 36.9 Å². The summed E-state index contributed by atoms with van der Waals surface area (Å²) in [5, 5.41) is 8.49. The maximum Gasteiger partial charge on any atom is 0.278 e. The summed E-state index contributed by atoms with van der Waals surface area (Å²) < 4.78 is 56.0. The lowest BCUT2D eigenvalue weighted by Crippen LogP contribution is -2.25. The van der Waals surface area contributed by atoms with Crippen LogP contribution in [0.2, 0.25) is 0 Å². The van der Waals surface area contributed by atoms with Gasteiger partial charge < -0.3 is 16.0 Å². The summed E-state index contributed by atoms with van der Waals surface area (Å²) in [5.74, 6) is -3.89. The molecule has 11 nitrogen and oxygen atoms in total. The Morgan fingerprint density at radius 3 is 1.88 bits per heavy atom. The van der Waals surface area contributed by atoms with Crippen molar-refractivity contribution in [3.05, 3.63) is 182 Å². The Kier molecular flexibility index (Phi) is 13.6. The summed E-state index contributed by atoms with van der Waals surface area (Å²) in [6, 6.07) is 23.3. The van der Waals surface area contributed by atoms with E-state index < -0.39 is 28.8 Å². The first kappa shape index (κ1) is 44.4. The molecule has 2 aliphatic rings. The molecule has 326 valence electrons. The maximum absolute atomic E-state index is 13.5. The number of benzene rings is 4. The van der Waals surface area contributed by atoms with Crippen molar-refractivity contribution in [1.82, 2.24) is 14.3 Å². The van der Waals surface area contributed by atoms with Gasteiger partial charge in [0.2, 0.25) is 11.8 Å². The topological polar surface area (TPSA) is 144 Å². The second-order valence-electron chi connectivity index (χ2n) is 15.3. The normalized spacial score (nSPS) is 12.8. The van der Waals surface area contributed by atoms with Crippen molar-refractivity contribution in [3.63, 3.8) is 0 Å². The number of nitrogens with zero attached hydrogens (tertiary/aromatic N) is 3. The number of nitrogens with one attached hydrogen (secondary N) is 3. The molecule has 0 saturated heterocycles. The summed E-state index contributed by atoms with van der Waals surface area (Å²) in [6.07, 6.45) is 9.74. The van der Waals surface area contributed by atoms with Crippen LogP contribution in [0.5, 0.6) is 0 Å². The van der Waals surface area contributed by atoms with Gasteiger partial charge in [-0.2, -0.15) is 0 Å². The standard InChI is InChI=1S/C25H23F2N3O3.C24H19F2N3O2/c1-15-24(25(33)30(29(15)2)14-17-8-10-19(26)20(27)11-17)22(31)6-4-3-5-16-7-9-18-13-23(32)28-21(18)12-16;25-18-11-10-17(14-19(18)26)27-23-7-3-5-20(28-23)22(30)6-2-1-4-15-8-9-16-13-24(31)29-21(16)12-15/h3,5,7-12H,4,6,13-14H2,1-2H3,(H,28,32);1,3-5,7-12,14H,2,6,13H2,(H,27,28)(H,29,31)/b5-3+;4-1+. The first-order valence-electron chi connectivity index (χ1n) is 20.4. The minimum atomic E-state index is -0.986. The van der Waals surface area contributed by atoms with Crippen LogP contribution in [0, 0.1) is 30.2 Å². The summed E-state index contributed by atoms with van der Waals surface area (Å²) in [6.45, 7) is 1.71. The number of Topliss-reactive ketones (excluding diaryl/α,β-unsaturated/α-hetero) is 2. The van der Waals surface area contributed by atoms with Gasteiger partial charge in [0.1, 0.15) is 17.1 Å². The lowest BCUT2D eigenvalue weighted by atomic mass is 10.1. The van der Waals surface area contributed by atoms with Gasteiger partial charge in [0.25, 0.3) is 5.56 Å². The van der Waals surface area contributed by atoms with Crippen LogP contribution in [-0.4, -0.2) is 37.7 Å². The molecule has 64 heavy (non-hydrogen) atoms. The first-order valence-corrected chi connectivity index (χ1v) is 20.4. The van der Waals surface area contributed by atoms with Gasteiger partial charge in [0, 0.05) is 48.7 Å². The Bertz CT molecular complexity index is 2940. The summed E-state index contributed by atoms with van der Waals surface area (Å²) >= 11 is 0. The molecular formula is C49H42F4N6O5. The smallest absolute Gasteiger partial charge is 0.278 e. The van der Waals surface area contributed by atoms with E-state index in [-0.39, 0.29) is 48.3 Å². The molecular weight excluding hydrogens is 829 g/mol. The van der Waals surface area contributed by atoms with Crippen LogP contribution in [0.4, 0.5) is 40.4 Å². The van der Waals surface area contributed by atoms with Crippen molar-refractivity contribution >= 4 is 58.4 Å². The number of allylic oxidation sites excluding steroid dienone is 2. The van der Waals surface area contributed by atoms with Crippen LogP contribution in [-0.2, 0) is 36.0 Å². The highest BCUT2D eigenvalue weighted by atomic mass is 19.2. The molecule has 0 aliphatic carbocycles. The number of fused-ring (bicyclic) bond motifs is 2. The van der Waals surface area contributed by atoms with Crippen LogP contribution >= 0.6 is 0 Å². The molecule has 15 heteroatoms. The number of carbonyl (C=O) groups excluding carboxylic acids is 4. The van der Waals surface area contributed by atoms with Gasteiger partial charge in [-0.1, -0.05) is 60.7 Å². The van der Waals surface area contributed by atoms with Crippen LogP contribution in [0.25, 0.3) is 12.2 Å². The van der Waals surface area contributed by atoms with E-state index in [4.69, 9.17) is 0 Å². The number of hydrogen-bond donors (Lipinski definition) is 3. The average molecular weight is 871 g/mol. The highest BCUT2D eigenvalue weighted by Gasteiger charge is 2.22. The number of ketones is 2. The van der Waals surface area contributed by atoms with E-state index in [1.807, 2.05) is 60.7 Å². The molecule has 4 aromatic carbocycles. The number of hydrogen-bond acceptors (Lipinski definition) is 7. The molecule has 0 bridgehead atoms. The van der Waals surface area contributed by atoms with Crippen molar-refractivity contribution in [2.45, 2.75) is 52.0 Å². The fourth-order valence-corrected chi connectivity index (χ4v) is 7.25. The molecule has 0 fully saturated rings. The predicted molar refractivity (Wildman–Crippen MR) is 236 cm³/mol. The van der Waals surface area contributed by atoms with Gasteiger partial charge in [0.05, 0.1) is 19.4 Å². The number of pyridine rings is 1. The third-order valence-corrected chi connectivity index (χ3v) is 10.7. The number of anilines is 4. The molecule has 0 saturated carbocycles. The van der Waals surface area contributed by atoms with E-state index >= 15 is 0 Å². The maximum atomic E-state index is 13.5. The largest absolute Gasteiger partial charge is 0.340 e. The van der Waals surface area contributed by atoms with Crippen molar-refractivity contribution < 1.29 is 36.7 Å². The highest BCUT2D eigenvalue weighted by molar-refractivity contribution is 6.00. The quantitative estimate of drug-likeness (QED) is 0.0732. The third-order valence-electron chi connectivity index (χ3n) is 10.7. The van der Waals surface area contributed by atoms with Gasteiger partial charge in [-0.25, -0.2) is 27.2 Å². The average Bonchev–Trinajstić information content (AvgIpc) is 3.90. The fourth-order valence-electron chi connectivity index (χ4n) is 7.25. The van der Waals surface area contributed by atoms with Crippen molar-refractivity contribution in [2.24, 2.45) is 7.05 Å². The predicted octanol–water partition coefficient (Wildman–Crippen LogP) is 9.27. The minimum Gasteiger partial charge on any atom is -0.340 e. The molecule has 4 heterocycles. The molecule has 8 rings (SSSR count). The summed E-state index contributed by atoms with van der Waals surface area (Å²) in [5.41, 5.74) is 6.67. The lowest BCUT2D eigenvalue weighted by Gasteiger charge is -2.08.